The highest BCUT2D eigenvalue weighted by atomic mass is 127. The molecule has 0 amide bonds. The van der Waals surface area contributed by atoms with E-state index in [2.05, 4.69) is 77.2 Å². The summed E-state index contributed by atoms with van der Waals surface area (Å²) in [5, 5.41) is 11.4. The Bertz CT molecular complexity index is 571. The Morgan fingerprint density at radius 1 is 1.19 bits per heavy atom. The topological polar surface area (TPSA) is 29.5 Å². The molecule has 1 N–H and O–H groups in total. The van der Waals surface area contributed by atoms with Crippen LogP contribution in [-0.2, 0) is 4.43 Å². The molecule has 3 aliphatic carbocycles. The molecule has 3 saturated carbocycles. The second-order valence-corrected chi connectivity index (χ2v) is 18.0. The maximum atomic E-state index is 11.2. The summed E-state index contributed by atoms with van der Waals surface area (Å²) >= 11 is 2.73. The van der Waals surface area contributed by atoms with Crippen molar-refractivity contribution in [1.82, 2.24) is 0 Å². The second-order valence-electron chi connectivity index (χ2n) is 11.9. The summed E-state index contributed by atoms with van der Waals surface area (Å²) in [6.07, 6.45) is 7.07. The van der Waals surface area contributed by atoms with Gasteiger partial charge in [-0.1, -0.05) is 64.1 Å². The van der Waals surface area contributed by atoms with Gasteiger partial charge in [-0.3, -0.25) is 0 Å². The van der Waals surface area contributed by atoms with Gasteiger partial charge in [0.05, 0.1) is 6.10 Å². The van der Waals surface area contributed by atoms with Crippen LogP contribution in [-0.4, -0.2) is 30.1 Å². The summed E-state index contributed by atoms with van der Waals surface area (Å²) in [4.78, 5) is 0. The molecule has 0 saturated heterocycles. The second kappa shape index (κ2) is 6.95. The predicted octanol–water partition coefficient (Wildman–Crippen LogP) is 6.81. The Hall–Kier alpha value is 0.867. The molecule has 3 rings (SSSR count). The Morgan fingerprint density at radius 2 is 1.81 bits per heavy atom. The number of rotatable bonds is 6. The summed E-state index contributed by atoms with van der Waals surface area (Å²) in [7, 11) is -1.67. The van der Waals surface area contributed by atoms with Crippen molar-refractivity contribution in [2.75, 3.05) is 6.61 Å². The summed E-state index contributed by atoms with van der Waals surface area (Å²) in [6, 6.07) is 0. The van der Waals surface area contributed by atoms with Crippen LogP contribution in [0.3, 0.4) is 0 Å². The summed E-state index contributed by atoms with van der Waals surface area (Å²) in [6.45, 7) is 19.9. The fourth-order valence-corrected chi connectivity index (χ4v) is 10.9. The van der Waals surface area contributed by atoms with Crippen molar-refractivity contribution in [2.45, 2.75) is 108 Å². The molecule has 0 heterocycles. The first-order valence-corrected chi connectivity index (χ1v) is 15.4. The molecule has 1 spiro atoms. The van der Waals surface area contributed by atoms with Crippen LogP contribution in [0.1, 0.15) is 80.1 Å². The fourth-order valence-electron chi connectivity index (χ4n) is 7.13. The Balaban J connectivity index is 1.72. The van der Waals surface area contributed by atoms with E-state index in [1.54, 1.807) is 0 Å². The largest absolute Gasteiger partial charge is 0.417 e. The molecular formula is C23H43IO2Si. The van der Waals surface area contributed by atoms with E-state index in [0.29, 0.717) is 14.8 Å². The number of aliphatic hydroxyl groups is 1. The molecule has 0 aromatic rings. The molecule has 0 aromatic heterocycles. The van der Waals surface area contributed by atoms with Gasteiger partial charge in [0.1, 0.15) is 0 Å². The number of hydrogen-bond donors (Lipinski definition) is 1. The van der Waals surface area contributed by atoms with Gasteiger partial charge in [-0.15, -0.1) is 0 Å². The SMILES string of the molecule is CC(C)[C@@H]1CC[C@@]23[C@@H](I)[C@]2(CCCO[Si](C)(C)C(C)(C)C)[C@H](O)CC[C@@]13C. The van der Waals surface area contributed by atoms with Crippen molar-refractivity contribution in [3.8, 4) is 0 Å². The van der Waals surface area contributed by atoms with Crippen molar-refractivity contribution >= 4 is 30.9 Å². The highest BCUT2D eigenvalue weighted by Gasteiger charge is 2.86. The number of aliphatic hydroxyl groups excluding tert-OH is 1. The van der Waals surface area contributed by atoms with Gasteiger partial charge in [-0.2, -0.15) is 0 Å². The molecular weight excluding hydrogens is 463 g/mol. The molecule has 0 radical (unpaired) electrons. The van der Waals surface area contributed by atoms with E-state index in [9.17, 15) is 5.11 Å². The van der Waals surface area contributed by atoms with Gasteiger partial charge >= 0.3 is 0 Å². The average Bonchev–Trinajstić information content (AvgIpc) is 2.92. The van der Waals surface area contributed by atoms with Gasteiger partial charge in [0, 0.05) is 15.9 Å². The van der Waals surface area contributed by atoms with Crippen molar-refractivity contribution in [1.29, 1.82) is 0 Å². The highest BCUT2D eigenvalue weighted by molar-refractivity contribution is 14.1. The zero-order valence-corrected chi connectivity index (χ0v) is 22.2. The zero-order chi connectivity index (χ0) is 20.5. The van der Waals surface area contributed by atoms with E-state index in [1.165, 1.54) is 19.3 Å². The van der Waals surface area contributed by atoms with Crippen LogP contribution in [0, 0.1) is 28.1 Å². The van der Waals surface area contributed by atoms with Crippen LogP contribution in [0.15, 0.2) is 0 Å². The number of hydrogen-bond acceptors (Lipinski definition) is 2. The van der Waals surface area contributed by atoms with Crippen molar-refractivity contribution in [3.05, 3.63) is 0 Å². The van der Waals surface area contributed by atoms with Crippen LogP contribution in [0.2, 0.25) is 18.1 Å². The van der Waals surface area contributed by atoms with Crippen molar-refractivity contribution in [2.24, 2.45) is 28.1 Å². The Kier molecular flexibility index (Phi) is 5.80. The van der Waals surface area contributed by atoms with E-state index in [4.69, 9.17) is 4.43 Å². The number of halogens is 1. The summed E-state index contributed by atoms with van der Waals surface area (Å²) < 4.78 is 7.11. The maximum absolute atomic E-state index is 11.2. The number of alkyl halides is 1. The summed E-state index contributed by atoms with van der Waals surface area (Å²) in [5.41, 5.74) is 0.956. The maximum Gasteiger partial charge on any atom is 0.191 e. The minimum atomic E-state index is -1.67. The fraction of sp³-hybridized carbons (Fsp3) is 1.00. The molecule has 0 aliphatic heterocycles. The highest BCUT2D eigenvalue weighted by Crippen LogP contribution is 2.87. The molecule has 4 heteroatoms. The van der Waals surface area contributed by atoms with Crippen molar-refractivity contribution < 1.29 is 9.53 Å². The molecule has 0 bridgehead atoms. The average molecular weight is 507 g/mol. The van der Waals surface area contributed by atoms with Gasteiger partial charge < -0.3 is 9.53 Å². The third-order valence-corrected chi connectivity index (χ3v) is 16.4. The standard InChI is InChI=1S/C23H43IO2Si/c1-16(2)17-10-14-23-19(24)22(23,18(25)11-13-21(17,23)6)12-9-15-26-27(7,8)20(3,4)5/h16-19,25H,9-15H2,1-8H3/t17-,18+,19-,21-,22-,23-/m0/s1. The van der Waals surface area contributed by atoms with Gasteiger partial charge in [0.2, 0.25) is 0 Å². The van der Waals surface area contributed by atoms with Crippen LogP contribution in [0.4, 0.5) is 0 Å². The lowest BCUT2D eigenvalue weighted by molar-refractivity contribution is -0.0527. The Morgan fingerprint density at radius 3 is 2.37 bits per heavy atom. The van der Waals surface area contributed by atoms with E-state index in [-0.39, 0.29) is 16.6 Å². The first-order chi connectivity index (χ1) is 12.3. The lowest BCUT2D eigenvalue weighted by Gasteiger charge is -2.48. The van der Waals surface area contributed by atoms with Crippen LogP contribution in [0.25, 0.3) is 0 Å². The van der Waals surface area contributed by atoms with Crippen LogP contribution < -0.4 is 0 Å². The molecule has 0 unspecified atom stereocenters. The lowest BCUT2D eigenvalue weighted by atomic mass is 9.58. The molecule has 2 nitrogen and oxygen atoms in total. The molecule has 158 valence electrons. The van der Waals surface area contributed by atoms with Gasteiger partial charge in [0.25, 0.3) is 0 Å². The third kappa shape index (κ3) is 2.96. The molecule has 3 fully saturated rings. The minimum Gasteiger partial charge on any atom is -0.417 e. The van der Waals surface area contributed by atoms with Crippen LogP contribution in [0.5, 0.6) is 0 Å². The van der Waals surface area contributed by atoms with E-state index in [0.717, 1.165) is 37.7 Å². The van der Waals surface area contributed by atoms with Crippen LogP contribution >= 0.6 is 22.6 Å². The zero-order valence-electron chi connectivity index (χ0n) is 19.0. The predicted molar refractivity (Wildman–Crippen MR) is 126 cm³/mol. The van der Waals surface area contributed by atoms with Gasteiger partial charge in [-0.05, 0) is 79.3 Å². The van der Waals surface area contributed by atoms with E-state index >= 15 is 0 Å². The minimum absolute atomic E-state index is 0.105. The lowest BCUT2D eigenvalue weighted by Crippen LogP contribution is -2.45. The first-order valence-electron chi connectivity index (χ1n) is 11.2. The smallest absolute Gasteiger partial charge is 0.191 e. The molecule has 3 aliphatic rings. The normalized spacial score (nSPS) is 44.3. The first kappa shape index (κ1) is 22.5. The van der Waals surface area contributed by atoms with E-state index in [1.807, 2.05) is 0 Å². The molecule has 27 heavy (non-hydrogen) atoms. The third-order valence-electron chi connectivity index (χ3n) is 9.66. The van der Waals surface area contributed by atoms with Crippen molar-refractivity contribution in [3.63, 3.8) is 0 Å². The van der Waals surface area contributed by atoms with Gasteiger partial charge in [0.15, 0.2) is 8.32 Å². The monoisotopic (exact) mass is 506 g/mol. The quantitative estimate of drug-likeness (QED) is 0.186. The Labute approximate surface area is 182 Å². The van der Waals surface area contributed by atoms with E-state index < -0.39 is 8.32 Å². The summed E-state index contributed by atoms with van der Waals surface area (Å²) in [5.74, 6) is 1.58. The molecule has 0 aromatic carbocycles. The van der Waals surface area contributed by atoms with Gasteiger partial charge in [-0.25, -0.2) is 0 Å². The molecule has 6 atom stereocenters.